The van der Waals surface area contributed by atoms with Crippen molar-refractivity contribution >= 4 is 12.0 Å². The molecule has 4 heteroatoms. The SMILES string of the molecule is CCOC(=O)[C@H](Cc1ccc(OCC=Cc2ccccc2-c2ccccc2)cc1)OCC. The van der Waals surface area contributed by atoms with Crippen molar-refractivity contribution < 1.29 is 19.0 Å². The summed E-state index contributed by atoms with van der Waals surface area (Å²) in [5, 5.41) is 0. The highest BCUT2D eigenvalue weighted by Gasteiger charge is 2.20. The number of rotatable bonds is 11. The molecule has 4 nitrogen and oxygen atoms in total. The largest absolute Gasteiger partial charge is 0.490 e. The molecule has 0 amide bonds. The predicted octanol–water partition coefficient (Wildman–Crippen LogP) is 5.96. The molecule has 1 atom stereocenters. The van der Waals surface area contributed by atoms with Gasteiger partial charge < -0.3 is 14.2 Å². The number of benzene rings is 3. The maximum atomic E-state index is 12.0. The molecule has 3 rings (SSSR count). The van der Waals surface area contributed by atoms with Crippen molar-refractivity contribution in [3.8, 4) is 16.9 Å². The van der Waals surface area contributed by atoms with E-state index in [2.05, 4.69) is 36.4 Å². The molecule has 0 bridgehead atoms. The highest BCUT2D eigenvalue weighted by molar-refractivity contribution is 5.75. The average Bonchev–Trinajstić information content (AvgIpc) is 2.83. The van der Waals surface area contributed by atoms with E-state index in [1.807, 2.05) is 61.5 Å². The summed E-state index contributed by atoms with van der Waals surface area (Å²) in [5.41, 5.74) is 4.53. The standard InChI is InChI=1S/C28H30O4/c1-3-30-27(28(29)31-4-2)21-22-16-18-25(19-17-22)32-20-10-14-24-13-8-9-15-26(24)23-11-6-5-7-12-23/h5-19,27H,3-4,20-21H2,1-2H3/t27-/m0/s1. The van der Waals surface area contributed by atoms with Crippen LogP contribution in [0.3, 0.4) is 0 Å². The molecule has 0 N–H and O–H groups in total. The zero-order valence-electron chi connectivity index (χ0n) is 18.7. The minimum absolute atomic E-state index is 0.324. The van der Waals surface area contributed by atoms with Crippen molar-refractivity contribution in [2.45, 2.75) is 26.4 Å². The van der Waals surface area contributed by atoms with Crippen LogP contribution < -0.4 is 4.74 Å². The van der Waals surface area contributed by atoms with Gasteiger partial charge in [-0.2, -0.15) is 0 Å². The second-order valence-electron chi connectivity index (χ2n) is 7.21. The van der Waals surface area contributed by atoms with Crippen LogP contribution in [0.25, 0.3) is 17.2 Å². The molecule has 0 saturated heterocycles. The molecule has 3 aromatic rings. The van der Waals surface area contributed by atoms with Gasteiger partial charge in [-0.15, -0.1) is 0 Å². The van der Waals surface area contributed by atoms with Crippen molar-refractivity contribution in [1.29, 1.82) is 0 Å². The third-order valence-electron chi connectivity index (χ3n) is 4.95. The molecule has 0 spiro atoms. The molecular formula is C28H30O4. The zero-order chi connectivity index (χ0) is 22.6. The third-order valence-corrected chi connectivity index (χ3v) is 4.95. The van der Waals surface area contributed by atoms with E-state index in [9.17, 15) is 4.79 Å². The minimum atomic E-state index is -0.584. The molecule has 0 aromatic heterocycles. The van der Waals surface area contributed by atoms with Gasteiger partial charge in [0, 0.05) is 13.0 Å². The molecule has 0 heterocycles. The average molecular weight is 431 g/mol. The first-order chi connectivity index (χ1) is 15.7. The molecule has 0 aliphatic rings. The molecule has 0 fully saturated rings. The summed E-state index contributed by atoms with van der Waals surface area (Å²) in [7, 11) is 0. The summed E-state index contributed by atoms with van der Waals surface area (Å²) in [4.78, 5) is 12.0. The normalized spacial score (nSPS) is 11.9. The number of ether oxygens (including phenoxy) is 3. The van der Waals surface area contributed by atoms with Crippen LogP contribution in [0.5, 0.6) is 5.75 Å². The first-order valence-corrected chi connectivity index (χ1v) is 11.0. The topological polar surface area (TPSA) is 44.8 Å². The molecule has 0 radical (unpaired) electrons. The van der Waals surface area contributed by atoms with E-state index < -0.39 is 6.10 Å². The minimum Gasteiger partial charge on any atom is -0.490 e. The summed E-state index contributed by atoms with van der Waals surface area (Å²) >= 11 is 0. The Hall–Kier alpha value is -3.37. The first kappa shape index (κ1) is 23.3. The van der Waals surface area contributed by atoms with E-state index in [-0.39, 0.29) is 5.97 Å². The fourth-order valence-electron chi connectivity index (χ4n) is 3.42. The van der Waals surface area contributed by atoms with Crippen molar-refractivity contribution in [3.05, 3.63) is 96.1 Å². The van der Waals surface area contributed by atoms with Gasteiger partial charge in [-0.05, 0) is 54.3 Å². The van der Waals surface area contributed by atoms with Crippen LogP contribution in [0.1, 0.15) is 25.0 Å². The highest BCUT2D eigenvalue weighted by Crippen LogP contribution is 2.24. The van der Waals surface area contributed by atoms with Crippen LogP contribution in [0.15, 0.2) is 84.9 Å². The molecule has 3 aromatic carbocycles. The van der Waals surface area contributed by atoms with Crippen molar-refractivity contribution in [1.82, 2.24) is 0 Å². The van der Waals surface area contributed by atoms with Gasteiger partial charge in [-0.25, -0.2) is 4.79 Å². The second-order valence-corrected chi connectivity index (χ2v) is 7.21. The lowest BCUT2D eigenvalue weighted by atomic mass is 9.99. The van der Waals surface area contributed by atoms with Gasteiger partial charge in [-0.3, -0.25) is 0 Å². The predicted molar refractivity (Wildman–Crippen MR) is 129 cm³/mol. The van der Waals surface area contributed by atoms with Gasteiger partial charge in [0.25, 0.3) is 0 Å². The lowest BCUT2D eigenvalue weighted by Crippen LogP contribution is -2.28. The molecule has 32 heavy (non-hydrogen) atoms. The fourth-order valence-corrected chi connectivity index (χ4v) is 3.42. The van der Waals surface area contributed by atoms with E-state index in [0.29, 0.717) is 26.2 Å². The Kier molecular flexibility index (Phi) is 9.08. The Morgan fingerprint density at radius 1 is 0.875 bits per heavy atom. The maximum Gasteiger partial charge on any atom is 0.335 e. The number of carbonyl (C=O) groups is 1. The molecule has 0 unspecified atom stereocenters. The highest BCUT2D eigenvalue weighted by atomic mass is 16.6. The molecule has 0 aliphatic heterocycles. The van der Waals surface area contributed by atoms with E-state index in [4.69, 9.17) is 14.2 Å². The molecular weight excluding hydrogens is 400 g/mol. The van der Waals surface area contributed by atoms with E-state index in [1.165, 1.54) is 11.1 Å². The summed E-state index contributed by atoms with van der Waals surface area (Å²) in [6, 6.07) is 26.4. The van der Waals surface area contributed by atoms with Crippen molar-refractivity contribution in [2.75, 3.05) is 19.8 Å². The number of hydrogen-bond donors (Lipinski definition) is 0. The van der Waals surface area contributed by atoms with Crippen LogP contribution in [0.2, 0.25) is 0 Å². The number of carbonyl (C=O) groups excluding carboxylic acids is 1. The Balaban J connectivity index is 1.56. The van der Waals surface area contributed by atoms with Gasteiger partial charge >= 0.3 is 5.97 Å². The van der Waals surface area contributed by atoms with Crippen molar-refractivity contribution in [2.24, 2.45) is 0 Å². The van der Waals surface area contributed by atoms with Crippen LogP contribution in [-0.4, -0.2) is 31.9 Å². The van der Waals surface area contributed by atoms with E-state index in [1.54, 1.807) is 6.92 Å². The van der Waals surface area contributed by atoms with Crippen LogP contribution in [0, 0.1) is 0 Å². The summed E-state index contributed by atoms with van der Waals surface area (Å²) in [6.07, 6.45) is 3.99. The second kappa shape index (κ2) is 12.5. The smallest absolute Gasteiger partial charge is 0.335 e. The Morgan fingerprint density at radius 2 is 1.59 bits per heavy atom. The van der Waals surface area contributed by atoms with Crippen LogP contribution in [0.4, 0.5) is 0 Å². The lowest BCUT2D eigenvalue weighted by molar-refractivity contribution is -0.156. The number of hydrogen-bond acceptors (Lipinski definition) is 4. The van der Waals surface area contributed by atoms with Gasteiger partial charge in [0.1, 0.15) is 12.4 Å². The third kappa shape index (κ3) is 6.82. The summed E-state index contributed by atoms with van der Waals surface area (Å²) in [5.74, 6) is 0.453. The number of esters is 1. The van der Waals surface area contributed by atoms with Gasteiger partial charge in [0.05, 0.1) is 6.61 Å². The van der Waals surface area contributed by atoms with E-state index >= 15 is 0 Å². The maximum absolute atomic E-state index is 12.0. The van der Waals surface area contributed by atoms with Gasteiger partial charge in [0.2, 0.25) is 0 Å². The first-order valence-electron chi connectivity index (χ1n) is 11.0. The van der Waals surface area contributed by atoms with Gasteiger partial charge in [0.15, 0.2) is 6.10 Å². The summed E-state index contributed by atoms with van der Waals surface area (Å²) in [6.45, 7) is 4.94. The van der Waals surface area contributed by atoms with Crippen LogP contribution >= 0.6 is 0 Å². The zero-order valence-corrected chi connectivity index (χ0v) is 18.7. The van der Waals surface area contributed by atoms with Gasteiger partial charge in [-0.1, -0.05) is 72.8 Å². The monoisotopic (exact) mass is 430 g/mol. The Bertz CT molecular complexity index is 993. The van der Waals surface area contributed by atoms with E-state index in [0.717, 1.165) is 16.9 Å². The van der Waals surface area contributed by atoms with Crippen LogP contribution in [-0.2, 0) is 20.7 Å². The Morgan fingerprint density at radius 3 is 2.31 bits per heavy atom. The Labute approximate surface area is 190 Å². The summed E-state index contributed by atoms with van der Waals surface area (Å²) < 4.78 is 16.5. The lowest BCUT2D eigenvalue weighted by Gasteiger charge is -2.15. The quantitative estimate of drug-likeness (QED) is 0.352. The molecule has 166 valence electrons. The fraction of sp³-hybridized carbons (Fsp3) is 0.250. The molecule has 0 saturated carbocycles. The van der Waals surface area contributed by atoms with Crippen molar-refractivity contribution in [3.63, 3.8) is 0 Å². The molecule has 0 aliphatic carbocycles.